The number of hydrogen-bond donors (Lipinski definition) is 2. The number of rotatable bonds is 8. The summed E-state index contributed by atoms with van der Waals surface area (Å²) in [5.41, 5.74) is 0.968. The van der Waals surface area contributed by atoms with E-state index in [0.29, 0.717) is 6.61 Å². The maximum absolute atomic E-state index is 10.8. The van der Waals surface area contributed by atoms with Gasteiger partial charge in [-0.3, -0.25) is 4.90 Å². The average Bonchev–Trinajstić information content (AvgIpc) is 2.76. The highest BCUT2D eigenvalue weighted by Gasteiger charge is 2.25. The molecule has 1 aromatic rings. The molecule has 1 aliphatic carbocycles. The Morgan fingerprint density at radius 1 is 1.16 bits per heavy atom. The summed E-state index contributed by atoms with van der Waals surface area (Å²) in [6.45, 7) is 12.4. The zero-order chi connectivity index (χ0) is 23.1. The van der Waals surface area contributed by atoms with Gasteiger partial charge in [-0.05, 0) is 44.6 Å². The number of ether oxygens (including phenoxy) is 1. The third-order valence-corrected chi connectivity index (χ3v) is 6.72. The molecule has 8 nitrogen and oxygen atoms in total. The second kappa shape index (κ2) is 11.3. The summed E-state index contributed by atoms with van der Waals surface area (Å²) in [6.07, 6.45) is 5.33. The van der Waals surface area contributed by atoms with Crippen molar-refractivity contribution in [3.05, 3.63) is 17.6 Å². The van der Waals surface area contributed by atoms with Crippen LogP contribution >= 0.6 is 0 Å². The van der Waals surface area contributed by atoms with Crippen LogP contribution in [0.25, 0.3) is 0 Å². The largest absolute Gasteiger partial charge is 0.465 e. The Morgan fingerprint density at radius 2 is 1.84 bits per heavy atom. The first-order chi connectivity index (χ1) is 15.2. The molecule has 180 valence electrons. The first kappa shape index (κ1) is 24.7. The molecule has 2 heterocycles. The minimum absolute atomic E-state index is 0.0847. The summed E-state index contributed by atoms with van der Waals surface area (Å²) in [6, 6.07) is 2.28. The number of nitrogens with one attached hydrogen (secondary N) is 1. The summed E-state index contributed by atoms with van der Waals surface area (Å²) >= 11 is 0. The fourth-order valence-corrected chi connectivity index (χ4v) is 4.65. The molecule has 2 fully saturated rings. The summed E-state index contributed by atoms with van der Waals surface area (Å²) in [4.78, 5) is 25.5. The Balaban J connectivity index is 1.48. The van der Waals surface area contributed by atoms with Crippen molar-refractivity contribution in [3.8, 4) is 0 Å². The molecule has 1 saturated carbocycles. The molecule has 2 N–H and O–H groups in total. The van der Waals surface area contributed by atoms with Crippen LogP contribution in [0.5, 0.6) is 0 Å². The van der Waals surface area contributed by atoms with E-state index in [0.717, 1.165) is 88.1 Å². The van der Waals surface area contributed by atoms with Gasteiger partial charge in [0, 0.05) is 62.9 Å². The molecule has 0 aromatic carbocycles. The molecule has 0 unspecified atom stereocenters. The Morgan fingerprint density at radius 3 is 2.44 bits per heavy atom. The number of amides is 1. The lowest BCUT2D eigenvalue weighted by Crippen LogP contribution is -2.47. The number of anilines is 1. The van der Waals surface area contributed by atoms with E-state index in [1.807, 2.05) is 0 Å². The van der Waals surface area contributed by atoms with Crippen molar-refractivity contribution in [2.75, 3.05) is 51.3 Å². The molecule has 2 aliphatic rings. The van der Waals surface area contributed by atoms with Crippen LogP contribution in [-0.4, -0.2) is 78.5 Å². The van der Waals surface area contributed by atoms with Crippen LogP contribution < -0.4 is 10.2 Å². The summed E-state index contributed by atoms with van der Waals surface area (Å²) < 4.78 is 5.26. The molecule has 8 heteroatoms. The summed E-state index contributed by atoms with van der Waals surface area (Å²) in [7, 11) is 1.73. The standard InChI is InChI=1S/C24H41N5O3/c1-24(2,3)22-25-20(10-16-32-4)17-21(27-22)29-14-12-28(13-15-29)11-9-18-5-7-19(8-6-18)26-23(30)31/h17-19,26H,5-16H2,1-4H3,(H,30,31). The summed E-state index contributed by atoms with van der Waals surface area (Å²) in [5.74, 6) is 2.66. The van der Waals surface area contributed by atoms with Gasteiger partial charge in [-0.25, -0.2) is 14.8 Å². The minimum Gasteiger partial charge on any atom is -0.465 e. The lowest BCUT2D eigenvalue weighted by atomic mass is 9.84. The number of methoxy groups -OCH3 is 1. The maximum atomic E-state index is 10.8. The number of hydrogen-bond acceptors (Lipinski definition) is 6. The van der Waals surface area contributed by atoms with Crippen molar-refractivity contribution < 1.29 is 14.6 Å². The van der Waals surface area contributed by atoms with Gasteiger partial charge < -0.3 is 20.1 Å². The van der Waals surface area contributed by atoms with Gasteiger partial charge in [-0.2, -0.15) is 0 Å². The quantitative estimate of drug-likeness (QED) is 0.632. The van der Waals surface area contributed by atoms with Gasteiger partial charge in [0.25, 0.3) is 0 Å². The molecule has 1 saturated heterocycles. The SMILES string of the molecule is COCCc1cc(N2CCN(CCC3CCC(NC(=O)O)CC3)CC2)nc(C(C)(C)C)n1. The second-order valence-corrected chi connectivity index (χ2v) is 10.3. The van der Waals surface area contributed by atoms with Crippen LogP contribution in [-0.2, 0) is 16.6 Å². The van der Waals surface area contributed by atoms with Gasteiger partial charge in [-0.15, -0.1) is 0 Å². The van der Waals surface area contributed by atoms with Crippen LogP contribution in [0.4, 0.5) is 10.6 Å². The minimum atomic E-state index is -0.893. The fraction of sp³-hybridized carbons (Fsp3) is 0.792. The third kappa shape index (κ3) is 7.30. The molecule has 1 aliphatic heterocycles. The Labute approximate surface area is 192 Å². The van der Waals surface area contributed by atoms with E-state index in [1.165, 1.54) is 6.42 Å². The average molecular weight is 448 g/mol. The van der Waals surface area contributed by atoms with Crippen LogP contribution in [0.3, 0.4) is 0 Å². The number of aromatic nitrogens is 2. The van der Waals surface area contributed by atoms with E-state index < -0.39 is 6.09 Å². The second-order valence-electron chi connectivity index (χ2n) is 10.3. The number of carboxylic acid groups (broad SMARTS) is 1. The molecule has 1 aromatic heterocycles. The van der Waals surface area contributed by atoms with Crippen molar-refractivity contribution in [2.24, 2.45) is 5.92 Å². The van der Waals surface area contributed by atoms with Crippen molar-refractivity contribution in [1.82, 2.24) is 20.2 Å². The maximum Gasteiger partial charge on any atom is 0.404 e. The molecule has 32 heavy (non-hydrogen) atoms. The monoisotopic (exact) mass is 447 g/mol. The lowest BCUT2D eigenvalue weighted by molar-refractivity contribution is 0.177. The molecule has 3 rings (SSSR count). The number of nitrogens with zero attached hydrogens (tertiary/aromatic N) is 4. The van der Waals surface area contributed by atoms with Crippen LogP contribution in [0.15, 0.2) is 6.07 Å². The highest BCUT2D eigenvalue weighted by atomic mass is 16.5. The molecule has 0 bridgehead atoms. The van der Waals surface area contributed by atoms with Gasteiger partial charge >= 0.3 is 6.09 Å². The van der Waals surface area contributed by atoms with Crippen molar-refractivity contribution in [3.63, 3.8) is 0 Å². The highest BCUT2D eigenvalue weighted by molar-refractivity contribution is 5.64. The molecule has 0 atom stereocenters. The van der Waals surface area contributed by atoms with E-state index in [4.69, 9.17) is 19.8 Å². The molecule has 0 spiro atoms. The molecular formula is C24H41N5O3. The van der Waals surface area contributed by atoms with Gasteiger partial charge in [0.05, 0.1) is 6.61 Å². The van der Waals surface area contributed by atoms with Gasteiger partial charge in [-0.1, -0.05) is 20.8 Å². The topological polar surface area (TPSA) is 90.8 Å². The van der Waals surface area contributed by atoms with Crippen LogP contribution in [0.2, 0.25) is 0 Å². The van der Waals surface area contributed by atoms with Crippen LogP contribution in [0, 0.1) is 5.92 Å². The van der Waals surface area contributed by atoms with Crippen molar-refractivity contribution >= 4 is 11.9 Å². The zero-order valence-electron chi connectivity index (χ0n) is 20.3. The fourth-order valence-electron chi connectivity index (χ4n) is 4.65. The highest BCUT2D eigenvalue weighted by Crippen LogP contribution is 2.28. The van der Waals surface area contributed by atoms with E-state index in [1.54, 1.807) is 7.11 Å². The first-order valence-corrected chi connectivity index (χ1v) is 12.1. The van der Waals surface area contributed by atoms with E-state index in [2.05, 4.69) is 42.0 Å². The van der Waals surface area contributed by atoms with Crippen LogP contribution in [0.1, 0.15) is 64.4 Å². The summed E-state index contributed by atoms with van der Waals surface area (Å²) in [5, 5.41) is 11.5. The third-order valence-electron chi connectivity index (χ3n) is 6.72. The van der Waals surface area contributed by atoms with E-state index in [9.17, 15) is 4.79 Å². The normalized spacial score (nSPS) is 22.7. The zero-order valence-corrected chi connectivity index (χ0v) is 20.3. The lowest BCUT2D eigenvalue weighted by Gasteiger charge is -2.37. The predicted molar refractivity (Wildman–Crippen MR) is 126 cm³/mol. The smallest absolute Gasteiger partial charge is 0.404 e. The Bertz CT molecular complexity index is 736. The number of carbonyl (C=O) groups is 1. The first-order valence-electron chi connectivity index (χ1n) is 12.1. The predicted octanol–water partition coefficient (Wildman–Crippen LogP) is 3.30. The van der Waals surface area contributed by atoms with Gasteiger partial charge in [0.1, 0.15) is 11.6 Å². The van der Waals surface area contributed by atoms with E-state index in [-0.39, 0.29) is 11.5 Å². The van der Waals surface area contributed by atoms with Crippen molar-refractivity contribution in [2.45, 2.75) is 70.8 Å². The van der Waals surface area contributed by atoms with Crippen molar-refractivity contribution in [1.29, 1.82) is 0 Å². The van der Waals surface area contributed by atoms with E-state index >= 15 is 0 Å². The Hall–Kier alpha value is -1.93. The van der Waals surface area contributed by atoms with Gasteiger partial charge in [0.2, 0.25) is 0 Å². The van der Waals surface area contributed by atoms with Gasteiger partial charge in [0.15, 0.2) is 0 Å². The Kier molecular flexibility index (Phi) is 8.71. The molecule has 1 amide bonds. The number of piperazine rings is 1. The molecular weight excluding hydrogens is 406 g/mol. The molecule has 0 radical (unpaired) electrons.